The van der Waals surface area contributed by atoms with Crippen LogP contribution in [0.5, 0.6) is 5.75 Å². The van der Waals surface area contributed by atoms with Gasteiger partial charge in [0.25, 0.3) is 5.78 Å². The molecule has 1 N–H and O–H groups in total. The van der Waals surface area contributed by atoms with Gasteiger partial charge < -0.3 is 9.84 Å². The van der Waals surface area contributed by atoms with Crippen LogP contribution >= 0.6 is 22.9 Å². The summed E-state index contributed by atoms with van der Waals surface area (Å²) in [7, 11) is 0. The second-order valence-electron chi connectivity index (χ2n) is 8.75. The number of Topliss-reactive ketones (excluding diaryl/α,β-unsaturated/α-hetero) is 1. The summed E-state index contributed by atoms with van der Waals surface area (Å²) in [6.07, 6.45) is 0.643. The van der Waals surface area contributed by atoms with Crippen molar-refractivity contribution < 1.29 is 23.8 Å². The van der Waals surface area contributed by atoms with Crippen LogP contribution in [0.2, 0.25) is 5.02 Å². The van der Waals surface area contributed by atoms with Gasteiger partial charge in [-0.15, -0.1) is 0 Å². The van der Waals surface area contributed by atoms with E-state index in [0.29, 0.717) is 33.0 Å². The monoisotopic (exact) mass is 520 g/mol. The van der Waals surface area contributed by atoms with Crippen molar-refractivity contribution in [1.29, 1.82) is 0 Å². The van der Waals surface area contributed by atoms with Gasteiger partial charge in [0, 0.05) is 22.6 Å². The molecule has 0 saturated carbocycles. The van der Waals surface area contributed by atoms with E-state index in [9.17, 15) is 14.7 Å². The molecule has 3 aromatic carbocycles. The zero-order valence-corrected chi connectivity index (χ0v) is 20.4. The lowest BCUT2D eigenvalue weighted by molar-refractivity contribution is -0.132. The molecular weight excluding hydrogens is 503 g/mol. The fourth-order valence-electron chi connectivity index (χ4n) is 4.74. The number of aromatic nitrogens is 1. The summed E-state index contributed by atoms with van der Waals surface area (Å²) < 4.78 is 21.5. The third-order valence-electron chi connectivity index (χ3n) is 6.36. The zero-order valence-electron chi connectivity index (χ0n) is 18.9. The van der Waals surface area contributed by atoms with Crippen LogP contribution in [0.15, 0.2) is 66.2 Å². The molecule has 1 fully saturated rings. The van der Waals surface area contributed by atoms with Gasteiger partial charge >= 0.3 is 5.91 Å². The summed E-state index contributed by atoms with van der Waals surface area (Å²) in [5, 5.41) is 12.1. The highest BCUT2D eigenvalue weighted by Crippen LogP contribution is 2.45. The van der Waals surface area contributed by atoms with Gasteiger partial charge in [0.15, 0.2) is 5.13 Å². The molecule has 2 aliphatic rings. The number of aliphatic hydroxyl groups is 1. The average Bonchev–Trinajstić information content (AvgIpc) is 3.51. The molecular formula is C27H18ClFN2O4S. The average molecular weight is 521 g/mol. The Balaban J connectivity index is 1.55. The molecule has 0 aliphatic carbocycles. The number of benzene rings is 3. The SMILES string of the molecule is CC1Cc2cc(/C(O)=C3/C(=O)C(=O)N(c4nc5ccc(Cl)cc5s4)C3c3ccccc3F)ccc2O1. The van der Waals surface area contributed by atoms with Gasteiger partial charge in [0.05, 0.1) is 15.8 Å². The van der Waals surface area contributed by atoms with Crippen molar-refractivity contribution in [2.45, 2.75) is 25.5 Å². The summed E-state index contributed by atoms with van der Waals surface area (Å²) in [6, 6.07) is 14.9. The summed E-state index contributed by atoms with van der Waals surface area (Å²) >= 11 is 7.27. The third kappa shape index (κ3) is 3.56. The minimum absolute atomic E-state index is 0.00562. The maximum Gasteiger partial charge on any atom is 0.301 e. The molecule has 6 rings (SSSR count). The predicted octanol–water partition coefficient (Wildman–Crippen LogP) is 6.04. The Labute approximate surface area is 214 Å². The van der Waals surface area contributed by atoms with Gasteiger partial charge in [-0.05, 0) is 55.0 Å². The number of ketones is 1. The van der Waals surface area contributed by atoms with Gasteiger partial charge in [-0.25, -0.2) is 9.37 Å². The van der Waals surface area contributed by atoms with Crippen LogP contribution in [0.1, 0.15) is 29.7 Å². The van der Waals surface area contributed by atoms with E-state index in [4.69, 9.17) is 16.3 Å². The van der Waals surface area contributed by atoms with E-state index in [0.717, 1.165) is 21.8 Å². The number of thiazole rings is 1. The molecule has 2 aliphatic heterocycles. The van der Waals surface area contributed by atoms with E-state index in [1.807, 2.05) is 6.92 Å². The molecule has 3 heterocycles. The van der Waals surface area contributed by atoms with Gasteiger partial charge in [0.1, 0.15) is 29.5 Å². The first-order valence-electron chi connectivity index (χ1n) is 11.2. The van der Waals surface area contributed by atoms with Crippen LogP contribution in [0.3, 0.4) is 0 Å². The fourth-order valence-corrected chi connectivity index (χ4v) is 6.00. The Morgan fingerprint density at radius 2 is 1.97 bits per heavy atom. The Kier molecular flexibility index (Phi) is 5.31. The van der Waals surface area contributed by atoms with Crippen molar-refractivity contribution in [3.63, 3.8) is 0 Å². The Morgan fingerprint density at radius 1 is 1.17 bits per heavy atom. The number of hydrogen-bond donors (Lipinski definition) is 1. The third-order valence-corrected chi connectivity index (χ3v) is 7.61. The Hall–Kier alpha value is -3.75. The molecule has 6 nitrogen and oxygen atoms in total. The molecule has 2 atom stereocenters. The summed E-state index contributed by atoms with van der Waals surface area (Å²) in [5.74, 6) is -2.09. The molecule has 2 unspecified atom stereocenters. The number of nitrogens with zero attached hydrogens (tertiary/aromatic N) is 2. The van der Waals surface area contributed by atoms with Crippen molar-refractivity contribution >= 4 is 55.7 Å². The molecule has 9 heteroatoms. The number of hydrogen-bond acceptors (Lipinski definition) is 6. The van der Waals surface area contributed by atoms with E-state index < -0.39 is 23.5 Å². The lowest BCUT2D eigenvalue weighted by Gasteiger charge is -2.23. The zero-order chi connectivity index (χ0) is 25.1. The molecule has 1 saturated heterocycles. The normalized spacial score (nSPS) is 20.7. The molecule has 0 radical (unpaired) electrons. The molecule has 4 aromatic rings. The first kappa shape index (κ1) is 22.7. The van der Waals surface area contributed by atoms with Gasteiger partial charge in [-0.2, -0.15) is 0 Å². The molecule has 0 bridgehead atoms. The molecule has 1 aromatic heterocycles. The minimum Gasteiger partial charge on any atom is -0.507 e. The van der Waals surface area contributed by atoms with Gasteiger partial charge in [0.2, 0.25) is 0 Å². The maximum absolute atomic E-state index is 15.1. The first-order chi connectivity index (χ1) is 17.3. The number of amides is 1. The van der Waals surface area contributed by atoms with Gasteiger partial charge in [-0.3, -0.25) is 14.5 Å². The number of carbonyl (C=O) groups excluding carboxylic acids is 2. The summed E-state index contributed by atoms with van der Waals surface area (Å²) in [5.41, 5.74) is 1.69. The smallest absolute Gasteiger partial charge is 0.301 e. The predicted molar refractivity (Wildman–Crippen MR) is 136 cm³/mol. The maximum atomic E-state index is 15.1. The number of anilines is 1. The largest absolute Gasteiger partial charge is 0.507 e. The van der Waals surface area contributed by atoms with E-state index >= 15 is 4.39 Å². The fraction of sp³-hybridized carbons (Fsp3) is 0.148. The van der Waals surface area contributed by atoms with Crippen molar-refractivity contribution in [2.75, 3.05) is 4.90 Å². The number of halogens is 2. The van der Waals surface area contributed by atoms with Crippen LogP contribution in [0.4, 0.5) is 9.52 Å². The topological polar surface area (TPSA) is 79.7 Å². The number of fused-ring (bicyclic) bond motifs is 2. The van der Waals surface area contributed by atoms with E-state index in [1.165, 1.54) is 18.2 Å². The van der Waals surface area contributed by atoms with Crippen LogP contribution in [-0.4, -0.2) is 27.9 Å². The van der Waals surface area contributed by atoms with Crippen molar-refractivity contribution in [3.8, 4) is 5.75 Å². The number of aliphatic hydroxyl groups excluding tert-OH is 1. The van der Waals surface area contributed by atoms with Crippen LogP contribution in [0.25, 0.3) is 16.0 Å². The van der Waals surface area contributed by atoms with E-state index in [-0.39, 0.29) is 28.1 Å². The second kappa shape index (κ2) is 8.43. The number of carbonyl (C=O) groups is 2. The minimum atomic E-state index is -1.20. The molecule has 36 heavy (non-hydrogen) atoms. The lowest BCUT2D eigenvalue weighted by Crippen LogP contribution is -2.29. The van der Waals surface area contributed by atoms with Crippen molar-refractivity contribution in [1.82, 2.24) is 4.98 Å². The van der Waals surface area contributed by atoms with Crippen LogP contribution in [-0.2, 0) is 16.0 Å². The van der Waals surface area contributed by atoms with Gasteiger partial charge in [-0.1, -0.05) is 41.1 Å². The summed E-state index contributed by atoms with van der Waals surface area (Å²) in [4.78, 5) is 32.4. The second-order valence-corrected chi connectivity index (χ2v) is 10.2. The highest BCUT2D eigenvalue weighted by atomic mass is 35.5. The first-order valence-corrected chi connectivity index (χ1v) is 12.4. The summed E-state index contributed by atoms with van der Waals surface area (Å²) in [6.45, 7) is 1.94. The van der Waals surface area contributed by atoms with Crippen LogP contribution in [0, 0.1) is 5.82 Å². The van der Waals surface area contributed by atoms with E-state index in [1.54, 1.807) is 42.5 Å². The number of rotatable bonds is 3. The highest BCUT2D eigenvalue weighted by molar-refractivity contribution is 7.22. The molecule has 0 spiro atoms. The number of ether oxygens (including phenoxy) is 1. The lowest BCUT2D eigenvalue weighted by atomic mass is 9.94. The van der Waals surface area contributed by atoms with Crippen molar-refractivity contribution in [2.24, 2.45) is 0 Å². The quantitative estimate of drug-likeness (QED) is 0.202. The standard InChI is InChI=1S/C27H18ClFN2O4S/c1-13-10-15-11-14(6-9-20(15)35-13)24(32)22-23(17-4-2-3-5-18(17)29)31(26(34)25(22)33)27-30-19-8-7-16(28)12-21(19)36-27/h2-9,11-13,23,32H,10H2,1H3/b24-22-. The highest BCUT2D eigenvalue weighted by Gasteiger charge is 2.49. The Bertz CT molecular complexity index is 1610. The Morgan fingerprint density at radius 3 is 2.78 bits per heavy atom. The van der Waals surface area contributed by atoms with Crippen molar-refractivity contribution in [3.05, 3.63) is 93.8 Å². The molecule has 1 amide bonds. The van der Waals surface area contributed by atoms with Crippen LogP contribution < -0.4 is 9.64 Å². The van der Waals surface area contributed by atoms with E-state index in [2.05, 4.69) is 4.98 Å². The molecule has 180 valence electrons.